The zero-order valence-electron chi connectivity index (χ0n) is 19.0. The predicted octanol–water partition coefficient (Wildman–Crippen LogP) is 8.64. The normalized spacial score (nSPS) is 17.7. The second-order valence-corrected chi connectivity index (χ2v) is 9.15. The van der Waals surface area contributed by atoms with Crippen LogP contribution in [-0.4, -0.2) is 17.9 Å². The van der Waals surface area contributed by atoms with Crippen molar-refractivity contribution in [1.82, 2.24) is 0 Å². The third-order valence-electron chi connectivity index (χ3n) is 6.43. The van der Waals surface area contributed by atoms with E-state index in [4.69, 9.17) is 23.2 Å². The average molecular weight is 523 g/mol. The average Bonchev–Trinajstić information content (AvgIpc) is 3.08. The van der Waals surface area contributed by atoms with E-state index in [1.807, 2.05) is 13.8 Å². The molecule has 0 aliphatic carbocycles. The van der Waals surface area contributed by atoms with E-state index in [9.17, 15) is 18.0 Å². The number of hydrogen-bond acceptors (Lipinski definition) is 2. The number of carbonyl (C=O) groups excluding carboxylic acids is 1. The molecule has 0 spiro atoms. The zero-order valence-corrected chi connectivity index (χ0v) is 20.5. The third kappa shape index (κ3) is 4.80. The highest BCUT2D eigenvalue weighted by molar-refractivity contribution is 6.31. The van der Waals surface area contributed by atoms with Crippen molar-refractivity contribution in [2.24, 2.45) is 0 Å². The van der Waals surface area contributed by atoms with Crippen molar-refractivity contribution >= 4 is 40.6 Å². The van der Waals surface area contributed by atoms with E-state index in [0.29, 0.717) is 39.8 Å². The summed E-state index contributed by atoms with van der Waals surface area (Å²) in [6.07, 6.45) is -3.75. The summed E-state index contributed by atoms with van der Waals surface area (Å²) < 4.78 is 43.1. The Morgan fingerprint density at radius 2 is 1.43 bits per heavy atom. The Bertz CT molecular complexity index is 1200. The molecule has 2 amide bonds. The van der Waals surface area contributed by atoms with Crippen molar-refractivity contribution in [3.05, 3.63) is 88.4 Å². The minimum absolute atomic E-state index is 0.300. The van der Waals surface area contributed by atoms with Gasteiger partial charge in [-0.1, -0.05) is 49.2 Å². The lowest BCUT2D eigenvalue weighted by Gasteiger charge is -2.40. The first kappa shape index (κ1) is 25.2. The summed E-state index contributed by atoms with van der Waals surface area (Å²) in [7, 11) is 0. The summed E-state index contributed by atoms with van der Waals surface area (Å²) in [6.45, 7) is 3.93. The van der Waals surface area contributed by atoms with Gasteiger partial charge in [-0.05, 0) is 79.1 Å². The van der Waals surface area contributed by atoms with Crippen LogP contribution in [0.4, 0.5) is 29.3 Å². The first-order chi connectivity index (χ1) is 16.6. The van der Waals surface area contributed by atoms with Crippen LogP contribution < -0.4 is 14.5 Å². The fourth-order valence-electron chi connectivity index (χ4n) is 4.88. The summed E-state index contributed by atoms with van der Waals surface area (Å²) in [5.74, 6) is -0.343. The lowest BCUT2D eigenvalue weighted by Crippen LogP contribution is -2.47. The van der Waals surface area contributed by atoms with Crippen LogP contribution in [0.25, 0.3) is 0 Å². The molecule has 1 heterocycles. The predicted molar refractivity (Wildman–Crippen MR) is 132 cm³/mol. The van der Waals surface area contributed by atoms with Gasteiger partial charge in [0, 0.05) is 21.4 Å². The Labute approximate surface area is 211 Å². The number of halogens is 5. The van der Waals surface area contributed by atoms with Gasteiger partial charge in [0.2, 0.25) is 0 Å². The molecule has 0 aromatic heterocycles. The van der Waals surface area contributed by atoms with E-state index in [1.54, 1.807) is 64.4 Å². The van der Waals surface area contributed by atoms with Crippen LogP contribution in [0.3, 0.4) is 0 Å². The van der Waals surface area contributed by atoms with Gasteiger partial charge in [-0.2, -0.15) is 0 Å². The van der Waals surface area contributed by atoms with E-state index >= 15 is 0 Å². The van der Waals surface area contributed by atoms with Gasteiger partial charge in [0.25, 0.3) is 0 Å². The highest BCUT2D eigenvalue weighted by atomic mass is 35.5. The van der Waals surface area contributed by atoms with Crippen molar-refractivity contribution in [3.8, 4) is 5.75 Å². The third-order valence-corrected chi connectivity index (χ3v) is 6.94. The molecule has 9 heteroatoms. The number of anilines is 2. The second-order valence-electron chi connectivity index (χ2n) is 8.27. The molecule has 0 radical (unpaired) electrons. The molecule has 0 N–H and O–H groups in total. The monoisotopic (exact) mass is 522 g/mol. The minimum Gasteiger partial charge on any atom is -0.406 e. The number of ether oxygens (including phenoxy) is 1. The molecule has 1 fully saturated rings. The van der Waals surface area contributed by atoms with Gasteiger partial charge in [-0.3, -0.25) is 9.80 Å². The molecule has 4 rings (SSSR count). The maximum atomic E-state index is 14.1. The largest absolute Gasteiger partial charge is 0.573 e. The van der Waals surface area contributed by atoms with Crippen molar-refractivity contribution in [3.63, 3.8) is 0 Å². The number of amides is 2. The van der Waals surface area contributed by atoms with Crippen molar-refractivity contribution in [2.75, 3.05) is 9.80 Å². The van der Waals surface area contributed by atoms with Crippen molar-refractivity contribution in [1.29, 1.82) is 0 Å². The Kier molecular flexibility index (Phi) is 6.93. The fourth-order valence-corrected chi connectivity index (χ4v) is 5.14. The number of nitrogens with zero attached hydrogens (tertiary/aromatic N) is 2. The fraction of sp³-hybridized carbons (Fsp3) is 0.269. The molecule has 1 atom stereocenters. The van der Waals surface area contributed by atoms with Crippen molar-refractivity contribution in [2.45, 2.75) is 44.6 Å². The van der Waals surface area contributed by atoms with E-state index in [1.165, 1.54) is 18.2 Å². The van der Waals surface area contributed by atoms with Crippen LogP contribution in [0, 0.1) is 0 Å². The summed E-state index contributed by atoms with van der Waals surface area (Å²) in [4.78, 5) is 17.4. The lowest BCUT2D eigenvalue weighted by atomic mass is 9.80. The van der Waals surface area contributed by atoms with Gasteiger partial charge < -0.3 is 4.74 Å². The maximum absolute atomic E-state index is 14.1. The van der Waals surface area contributed by atoms with E-state index < -0.39 is 17.9 Å². The smallest absolute Gasteiger partial charge is 0.406 e. The van der Waals surface area contributed by atoms with Crippen LogP contribution in [0.15, 0.2) is 72.8 Å². The number of carbonyl (C=O) groups is 1. The molecule has 0 unspecified atom stereocenters. The molecule has 4 nitrogen and oxygen atoms in total. The SMILES string of the molecule is CCC1(CC)[C@@H](c2cccc(OC(F)(F)F)c2)N(c2ccc(Cl)cc2)C(=O)N1c1ccc(Cl)cc1. The molecular weight excluding hydrogens is 500 g/mol. The molecule has 3 aromatic carbocycles. The van der Waals surface area contributed by atoms with Gasteiger partial charge in [0.15, 0.2) is 0 Å². The minimum atomic E-state index is -4.83. The zero-order chi connectivity index (χ0) is 25.4. The van der Waals surface area contributed by atoms with Crippen LogP contribution in [-0.2, 0) is 0 Å². The molecule has 0 saturated carbocycles. The number of hydrogen-bond donors (Lipinski definition) is 0. The van der Waals surface area contributed by atoms with E-state index in [-0.39, 0.29) is 11.8 Å². The highest BCUT2D eigenvalue weighted by Crippen LogP contribution is 2.51. The molecule has 0 bridgehead atoms. The second kappa shape index (κ2) is 9.63. The molecule has 184 valence electrons. The Balaban J connectivity index is 1.93. The first-order valence-corrected chi connectivity index (χ1v) is 11.9. The van der Waals surface area contributed by atoms with E-state index in [0.717, 1.165) is 0 Å². The van der Waals surface area contributed by atoms with Gasteiger partial charge in [0.1, 0.15) is 5.75 Å². The van der Waals surface area contributed by atoms with Crippen LogP contribution >= 0.6 is 23.2 Å². The first-order valence-electron chi connectivity index (χ1n) is 11.1. The van der Waals surface area contributed by atoms with E-state index in [2.05, 4.69) is 4.74 Å². The molecule has 1 saturated heterocycles. The Morgan fingerprint density at radius 1 is 0.886 bits per heavy atom. The van der Waals surface area contributed by atoms with Crippen LogP contribution in [0.5, 0.6) is 5.75 Å². The number of alkyl halides is 3. The number of rotatable bonds is 6. The summed E-state index contributed by atoms with van der Waals surface area (Å²) >= 11 is 12.2. The molecular formula is C26H23Cl2F3N2O2. The Morgan fingerprint density at radius 3 is 1.94 bits per heavy atom. The van der Waals surface area contributed by atoms with Gasteiger partial charge in [-0.25, -0.2) is 4.79 Å². The van der Waals surface area contributed by atoms with Gasteiger partial charge >= 0.3 is 12.4 Å². The molecule has 3 aromatic rings. The van der Waals surface area contributed by atoms with Gasteiger partial charge in [-0.15, -0.1) is 13.2 Å². The summed E-state index contributed by atoms with van der Waals surface area (Å²) in [5.41, 5.74) is 0.971. The standard InChI is InChI=1S/C26H23Cl2F3N2O2/c1-3-25(4-2)23(17-6-5-7-22(16-17)35-26(29,30)31)32(20-12-8-18(27)9-13-20)24(34)33(25)21-14-10-19(28)11-15-21/h5-16,23H,3-4H2,1-2H3/t23-/m1/s1. The Hall–Kier alpha value is -2.90. The topological polar surface area (TPSA) is 32.8 Å². The summed E-state index contributed by atoms with van der Waals surface area (Å²) in [5, 5.41) is 1.03. The number of benzene rings is 3. The lowest BCUT2D eigenvalue weighted by molar-refractivity contribution is -0.274. The molecule has 35 heavy (non-hydrogen) atoms. The number of urea groups is 1. The quantitative estimate of drug-likeness (QED) is 0.324. The summed E-state index contributed by atoms with van der Waals surface area (Å²) in [6, 6.07) is 18.7. The van der Waals surface area contributed by atoms with Crippen LogP contribution in [0.2, 0.25) is 10.0 Å². The molecule has 1 aliphatic heterocycles. The van der Waals surface area contributed by atoms with Crippen LogP contribution in [0.1, 0.15) is 38.3 Å². The molecule has 1 aliphatic rings. The highest BCUT2D eigenvalue weighted by Gasteiger charge is 2.57. The van der Waals surface area contributed by atoms with Gasteiger partial charge in [0.05, 0.1) is 11.6 Å². The van der Waals surface area contributed by atoms with Crippen molar-refractivity contribution < 1.29 is 22.7 Å². The maximum Gasteiger partial charge on any atom is 0.573 e.